The second-order valence-electron chi connectivity index (χ2n) is 7.54. The number of carbonyl (C=O) groups is 1. The van der Waals surface area contributed by atoms with Crippen LogP contribution >= 0.6 is 0 Å². The van der Waals surface area contributed by atoms with Crippen LogP contribution in [0.5, 0.6) is 0 Å². The zero-order valence-electron chi connectivity index (χ0n) is 14.2. The summed E-state index contributed by atoms with van der Waals surface area (Å²) in [6.45, 7) is 10.3. The molecule has 0 saturated carbocycles. The van der Waals surface area contributed by atoms with E-state index >= 15 is 0 Å². The van der Waals surface area contributed by atoms with Crippen LogP contribution in [-0.2, 0) is 4.74 Å². The Morgan fingerprint density at radius 1 is 1.32 bits per heavy atom. The number of rotatable bonds is 3. The minimum atomic E-state index is -0.437. The zero-order valence-corrected chi connectivity index (χ0v) is 14.2. The maximum atomic E-state index is 12.3. The highest BCUT2D eigenvalue weighted by Crippen LogP contribution is 2.30. The van der Waals surface area contributed by atoms with Crippen molar-refractivity contribution in [1.29, 1.82) is 0 Å². The van der Waals surface area contributed by atoms with Crippen molar-refractivity contribution in [1.82, 2.24) is 4.90 Å². The molecule has 1 atom stereocenters. The largest absolute Gasteiger partial charge is 0.444 e. The van der Waals surface area contributed by atoms with Crippen LogP contribution in [-0.4, -0.2) is 36.2 Å². The van der Waals surface area contributed by atoms with Gasteiger partial charge in [-0.05, 0) is 45.7 Å². The molecule has 0 bridgehead atoms. The number of carbonyl (C=O) groups excluding carboxylic acids is 1. The van der Waals surface area contributed by atoms with Crippen LogP contribution in [0.2, 0.25) is 0 Å². The summed E-state index contributed by atoms with van der Waals surface area (Å²) in [5.74, 6) is 0. The highest BCUT2D eigenvalue weighted by atomic mass is 16.6. The van der Waals surface area contributed by atoms with Crippen molar-refractivity contribution in [3.63, 3.8) is 0 Å². The van der Waals surface area contributed by atoms with Gasteiger partial charge in [0.1, 0.15) is 5.60 Å². The number of ether oxygens (including phenoxy) is 1. The lowest BCUT2D eigenvalue weighted by atomic mass is 9.82. The van der Waals surface area contributed by atoms with Gasteiger partial charge in [-0.2, -0.15) is 0 Å². The molecule has 1 unspecified atom stereocenters. The van der Waals surface area contributed by atoms with Crippen LogP contribution in [0.4, 0.5) is 10.5 Å². The maximum absolute atomic E-state index is 12.3. The molecule has 1 aliphatic rings. The third-order valence-electron chi connectivity index (χ3n) is 3.93. The zero-order chi connectivity index (χ0) is 16.2. The summed E-state index contributed by atoms with van der Waals surface area (Å²) in [6.07, 6.45) is 1.94. The minimum absolute atomic E-state index is 0.0744. The van der Waals surface area contributed by atoms with Gasteiger partial charge in [-0.15, -0.1) is 0 Å². The Morgan fingerprint density at radius 2 is 2.00 bits per heavy atom. The Hall–Kier alpha value is -1.71. The van der Waals surface area contributed by atoms with Gasteiger partial charge in [-0.1, -0.05) is 25.1 Å². The summed E-state index contributed by atoms with van der Waals surface area (Å²) in [5.41, 5.74) is 0.760. The normalized spacial score (nSPS) is 22.3. The number of nitrogens with zero attached hydrogens (tertiary/aromatic N) is 1. The van der Waals surface area contributed by atoms with Gasteiger partial charge >= 0.3 is 6.09 Å². The molecular formula is C18H28N2O2. The lowest BCUT2D eigenvalue weighted by molar-refractivity contribution is 0.00837. The van der Waals surface area contributed by atoms with Gasteiger partial charge in [0.05, 0.1) is 0 Å². The standard InChI is InChI=1S/C18H28N2O2/c1-17(2,3)22-16(21)20-12-8-11-18(4,14-20)13-19-15-9-6-5-7-10-15/h5-7,9-10,19H,8,11-14H2,1-4H3. The van der Waals surface area contributed by atoms with Gasteiger partial charge in [0.25, 0.3) is 0 Å². The summed E-state index contributed by atoms with van der Waals surface area (Å²) >= 11 is 0. The van der Waals surface area contributed by atoms with E-state index in [4.69, 9.17) is 4.74 Å². The molecule has 0 spiro atoms. The second-order valence-corrected chi connectivity index (χ2v) is 7.54. The topological polar surface area (TPSA) is 41.6 Å². The van der Waals surface area contributed by atoms with Gasteiger partial charge in [0.15, 0.2) is 0 Å². The third-order valence-corrected chi connectivity index (χ3v) is 3.93. The SMILES string of the molecule is CC1(CNc2ccccc2)CCCN(C(=O)OC(C)(C)C)C1. The fourth-order valence-corrected chi connectivity index (χ4v) is 2.81. The Labute approximate surface area is 133 Å². The average molecular weight is 304 g/mol. The van der Waals surface area contributed by atoms with Crippen LogP contribution < -0.4 is 5.32 Å². The smallest absolute Gasteiger partial charge is 0.410 e. The van der Waals surface area contributed by atoms with E-state index < -0.39 is 5.60 Å². The van der Waals surface area contributed by atoms with Crippen molar-refractivity contribution in [3.8, 4) is 0 Å². The summed E-state index contributed by atoms with van der Waals surface area (Å²) in [4.78, 5) is 14.1. The molecular weight excluding hydrogens is 276 g/mol. The number of hydrogen-bond donors (Lipinski definition) is 1. The first-order chi connectivity index (χ1) is 10.3. The third kappa shape index (κ3) is 4.93. The molecule has 1 N–H and O–H groups in total. The molecule has 2 rings (SSSR count). The molecule has 22 heavy (non-hydrogen) atoms. The van der Waals surface area contributed by atoms with Crippen LogP contribution in [0.15, 0.2) is 30.3 Å². The van der Waals surface area contributed by atoms with E-state index in [1.807, 2.05) is 43.9 Å². The number of likely N-dealkylation sites (tertiary alicyclic amines) is 1. The molecule has 1 aromatic rings. The summed E-state index contributed by atoms with van der Waals surface area (Å²) in [6, 6.07) is 10.2. The molecule has 4 nitrogen and oxygen atoms in total. The Kier molecular flexibility index (Phi) is 4.99. The van der Waals surface area contributed by atoms with Crippen LogP contribution in [0.1, 0.15) is 40.5 Å². The van der Waals surface area contributed by atoms with Gasteiger partial charge in [0, 0.05) is 30.7 Å². The monoisotopic (exact) mass is 304 g/mol. The van der Waals surface area contributed by atoms with Gasteiger partial charge in [-0.25, -0.2) is 4.79 Å². The molecule has 1 heterocycles. The molecule has 0 aromatic heterocycles. The second kappa shape index (κ2) is 6.59. The molecule has 1 aliphatic heterocycles. The lowest BCUT2D eigenvalue weighted by Crippen LogP contribution is -2.49. The minimum Gasteiger partial charge on any atom is -0.444 e. The molecule has 122 valence electrons. The maximum Gasteiger partial charge on any atom is 0.410 e. The molecule has 0 radical (unpaired) electrons. The van der Waals surface area contributed by atoms with E-state index in [0.29, 0.717) is 0 Å². The molecule has 0 aliphatic carbocycles. The van der Waals surface area contributed by atoms with Crippen LogP contribution in [0.3, 0.4) is 0 Å². The van der Waals surface area contributed by atoms with Crippen LogP contribution in [0, 0.1) is 5.41 Å². The van der Waals surface area contributed by atoms with E-state index in [1.54, 1.807) is 0 Å². The van der Waals surface area contributed by atoms with E-state index in [2.05, 4.69) is 24.4 Å². The van der Waals surface area contributed by atoms with Crippen molar-refractivity contribution < 1.29 is 9.53 Å². The number of anilines is 1. The average Bonchev–Trinajstić information content (AvgIpc) is 2.45. The van der Waals surface area contributed by atoms with Crippen molar-refractivity contribution >= 4 is 11.8 Å². The molecule has 1 amide bonds. The van der Waals surface area contributed by atoms with Crippen molar-refractivity contribution in [2.45, 2.75) is 46.1 Å². The number of hydrogen-bond acceptors (Lipinski definition) is 3. The number of nitrogens with one attached hydrogen (secondary N) is 1. The number of para-hydroxylation sites is 1. The van der Waals surface area contributed by atoms with Crippen molar-refractivity contribution in [2.75, 3.05) is 25.0 Å². The predicted octanol–water partition coefficient (Wildman–Crippen LogP) is 4.14. The van der Waals surface area contributed by atoms with E-state index in [-0.39, 0.29) is 11.5 Å². The van der Waals surface area contributed by atoms with E-state index in [9.17, 15) is 4.79 Å². The highest BCUT2D eigenvalue weighted by molar-refractivity contribution is 5.68. The fraction of sp³-hybridized carbons (Fsp3) is 0.611. The Morgan fingerprint density at radius 3 is 2.64 bits per heavy atom. The quantitative estimate of drug-likeness (QED) is 0.912. The Bertz CT molecular complexity index is 496. The molecule has 1 aromatic carbocycles. The number of amides is 1. The molecule has 1 saturated heterocycles. The van der Waals surface area contributed by atoms with Gasteiger partial charge < -0.3 is 15.0 Å². The highest BCUT2D eigenvalue weighted by Gasteiger charge is 2.34. The van der Waals surface area contributed by atoms with Crippen molar-refractivity contribution in [3.05, 3.63) is 30.3 Å². The van der Waals surface area contributed by atoms with Gasteiger partial charge in [-0.3, -0.25) is 0 Å². The van der Waals surface area contributed by atoms with E-state index in [0.717, 1.165) is 38.2 Å². The van der Waals surface area contributed by atoms with Crippen LogP contribution in [0.25, 0.3) is 0 Å². The summed E-state index contributed by atoms with van der Waals surface area (Å²) < 4.78 is 5.50. The predicted molar refractivity (Wildman–Crippen MR) is 90.1 cm³/mol. The fourth-order valence-electron chi connectivity index (χ4n) is 2.81. The Balaban J connectivity index is 1.92. The number of piperidine rings is 1. The molecule has 4 heteroatoms. The summed E-state index contributed by atoms with van der Waals surface area (Å²) in [7, 11) is 0. The first-order valence-corrected chi connectivity index (χ1v) is 8.04. The number of benzene rings is 1. The summed E-state index contributed by atoms with van der Waals surface area (Å²) in [5, 5.41) is 3.48. The lowest BCUT2D eigenvalue weighted by Gasteiger charge is -2.41. The van der Waals surface area contributed by atoms with Gasteiger partial charge in [0.2, 0.25) is 0 Å². The first kappa shape index (κ1) is 16.7. The molecule has 1 fully saturated rings. The van der Waals surface area contributed by atoms with E-state index in [1.165, 1.54) is 0 Å². The first-order valence-electron chi connectivity index (χ1n) is 8.04. The van der Waals surface area contributed by atoms with Crippen molar-refractivity contribution in [2.24, 2.45) is 5.41 Å².